The SMILES string of the molecule is Cc1ccc2nc(N(/N=C/c3ccc(Br)cc3)C(=O)COc3ccccc3)sc2c1. The van der Waals surface area contributed by atoms with Crippen molar-refractivity contribution < 1.29 is 9.53 Å². The normalized spacial score (nSPS) is 11.1. The number of nitrogens with zero attached hydrogens (tertiary/aromatic N) is 3. The Balaban J connectivity index is 1.62. The molecule has 1 aromatic heterocycles. The maximum atomic E-state index is 13.0. The third kappa shape index (κ3) is 4.93. The fourth-order valence-corrected chi connectivity index (χ4v) is 4.03. The van der Waals surface area contributed by atoms with Crippen LogP contribution in [0.3, 0.4) is 0 Å². The quantitative estimate of drug-likeness (QED) is 0.258. The lowest BCUT2D eigenvalue weighted by Crippen LogP contribution is -2.30. The smallest absolute Gasteiger partial charge is 0.287 e. The van der Waals surface area contributed by atoms with E-state index in [1.165, 1.54) is 16.3 Å². The summed E-state index contributed by atoms with van der Waals surface area (Å²) in [5.41, 5.74) is 2.85. The number of hydrogen-bond donors (Lipinski definition) is 0. The van der Waals surface area contributed by atoms with Crippen molar-refractivity contribution in [2.24, 2.45) is 5.10 Å². The minimum Gasteiger partial charge on any atom is -0.484 e. The van der Waals surface area contributed by atoms with Crippen molar-refractivity contribution in [1.29, 1.82) is 0 Å². The first-order valence-corrected chi connectivity index (χ1v) is 10.9. The molecule has 1 amide bonds. The van der Waals surface area contributed by atoms with E-state index in [1.54, 1.807) is 6.21 Å². The summed E-state index contributed by atoms with van der Waals surface area (Å²) in [7, 11) is 0. The topological polar surface area (TPSA) is 54.8 Å². The molecule has 30 heavy (non-hydrogen) atoms. The molecular formula is C23H18BrN3O2S. The second-order valence-electron chi connectivity index (χ2n) is 6.57. The number of rotatable bonds is 6. The molecule has 0 aliphatic heterocycles. The molecule has 4 rings (SSSR count). The fraction of sp³-hybridized carbons (Fsp3) is 0.0870. The second kappa shape index (κ2) is 9.19. The number of thiazole rings is 1. The zero-order chi connectivity index (χ0) is 20.9. The molecule has 0 radical (unpaired) electrons. The molecule has 0 saturated carbocycles. The third-order valence-electron chi connectivity index (χ3n) is 4.25. The predicted molar refractivity (Wildman–Crippen MR) is 126 cm³/mol. The summed E-state index contributed by atoms with van der Waals surface area (Å²) in [4.78, 5) is 17.6. The first kappa shape index (κ1) is 20.3. The van der Waals surface area contributed by atoms with Crippen molar-refractivity contribution in [3.63, 3.8) is 0 Å². The number of aryl methyl sites for hydroxylation is 1. The molecule has 4 aromatic rings. The Morgan fingerprint density at radius 1 is 1.13 bits per heavy atom. The molecule has 150 valence electrons. The van der Waals surface area contributed by atoms with Crippen molar-refractivity contribution in [3.05, 3.63) is 88.4 Å². The molecule has 0 saturated heterocycles. The largest absolute Gasteiger partial charge is 0.484 e. The second-order valence-corrected chi connectivity index (χ2v) is 8.50. The maximum absolute atomic E-state index is 13.0. The summed E-state index contributed by atoms with van der Waals surface area (Å²) in [5.74, 6) is 0.325. The highest BCUT2D eigenvalue weighted by Crippen LogP contribution is 2.30. The van der Waals surface area contributed by atoms with Gasteiger partial charge in [-0.05, 0) is 54.4 Å². The van der Waals surface area contributed by atoms with Crippen LogP contribution in [0.15, 0.2) is 82.4 Å². The average Bonchev–Trinajstić information content (AvgIpc) is 3.17. The van der Waals surface area contributed by atoms with Gasteiger partial charge in [-0.3, -0.25) is 4.79 Å². The van der Waals surface area contributed by atoms with Gasteiger partial charge in [0, 0.05) is 4.47 Å². The Kier molecular flexibility index (Phi) is 6.21. The van der Waals surface area contributed by atoms with Gasteiger partial charge in [-0.15, -0.1) is 0 Å². The molecule has 0 unspecified atom stereocenters. The lowest BCUT2D eigenvalue weighted by atomic mass is 10.2. The van der Waals surface area contributed by atoms with Crippen LogP contribution in [0, 0.1) is 6.92 Å². The Morgan fingerprint density at radius 3 is 2.67 bits per heavy atom. The van der Waals surface area contributed by atoms with Crippen molar-refractivity contribution in [2.45, 2.75) is 6.92 Å². The van der Waals surface area contributed by atoms with Gasteiger partial charge in [-0.1, -0.05) is 63.7 Å². The van der Waals surface area contributed by atoms with Crippen LogP contribution in [0.5, 0.6) is 5.75 Å². The number of amides is 1. The van der Waals surface area contributed by atoms with Crippen LogP contribution in [0.4, 0.5) is 5.13 Å². The molecule has 0 N–H and O–H groups in total. The van der Waals surface area contributed by atoms with Crippen LogP contribution in [0.25, 0.3) is 10.2 Å². The highest BCUT2D eigenvalue weighted by atomic mass is 79.9. The zero-order valence-corrected chi connectivity index (χ0v) is 18.6. The molecule has 0 atom stereocenters. The number of halogens is 1. The predicted octanol–water partition coefficient (Wildman–Crippen LogP) is 5.81. The number of hydrazone groups is 1. The number of aromatic nitrogens is 1. The van der Waals surface area contributed by atoms with Crippen molar-refractivity contribution in [2.75, 3.05) is 11.6 Å². The monoisotopic (exact) mass is 479 g/mol. The number of hydrogen-bond acceptors (Lipinski definition) is 5. The summed E-state index contributed by atoms with van der Waals surface area (Å²) in [6.45, 7) is 1.89. The van der Waals surface area contributed by atoms with Gasteiger partial charge in [0.05, 0.1) is 16.4 Å². The minimum atomic E-state index is -0.303. The fourth-order valence-electron chi connectivity index (χ4n) is 2.73. The van der Waals surface area contributed by atoms with Gasteiger partial charge in [0.25, 0.3) is 5.91 Å². The molecule has 3 aromatic carbocycles. The Morgan fingerprint density at radius 2 is 1.90 bits per heavy atom. The van der Waals surface area contributed by atoms with Gasteiger partial charge in [0.1, 0.15) is 5.75 Å². The van der Waals surface area contributed by atoms with E-state index in [2.05, 4.69) is 32.1 Å². The van der Waals surface area contributed by atoms with E-state index in [9.17, 15) is 4.79 Å². The van der Waals surface area contributed by atoms with Gasteiger partial charge in [-0.2, -0.15) is 10.1 Å². The molecule has 0 bridgehead atoms. The number of carbonyl (C=O) groups is 1. The Hall–Kier alpha value is -3.03. The maximum Gasteiger partial charge on any atom is 0.287 e. The van der Waals surface area contributed by atoms with Gasteiger partial charge in [0.2, 0.25) is 5.13 Å². The number of carbonyl (C=O) groups excluding carboxylic acids is 1. The van der Waals surface area contributed by atoms with Gasteiger partial charge in [0.15, 0.2) is 6.61 Å². The van der Waals surface area contributed by atoms with Crippen LogP contribution in [0.1, 0.15) is 11.1 Å². The van der Waals surface area contributed by atoms with Crippen molar-refractivity contribution in [1.82, 2.24) is 4.98 Å². The first-order valence-electron chi connectivity index (χ1n) is 9.26. The number of anilines is 1. The molecule has 0 fully saturated rings. The van der Waals surface area contributed by atoms with E-state index in [-0.39, 0.29) is 12.5 Å². The summed E-state index contributed by atoms with van der Waals surface area (Å²) in [6.07, 6.45) is 1.64. The highest BCUT2D eigenvalue weighted by Gasteiger charge is 2.20. The van der Waals surface area contributed by atoms with E-state index in [4.69, 9.17) is 4.74 Å². The standard InChI is InChI=1S/C23H18BrN3O2S/c1-16-7-12-20-21(13-16)30-23(26-20)27(25-14-17-8-10-18(24)11-9-17)22(28)15-29-19-5-3-2-4-6-19/h2-14H,15H2,1H3/b25-14+. The van der Waals surface area contributed by atoms with Crippen LogP contribution in [-0.4, -0.2) is 23.7 Å². The summed E-state index contributed by atoms with van der Waals surface area (Å²) >= 11 is 4.84. The molecule has 0 spiro atoms. The van der Waals surface area contributed by atoms with Gasteiger partial charge >= 0.3 is 0 Å². The van der Waals surface area contributed by atoms with Crippen LogP contribution < -0.4 is 9.75 Å². The summed E-state index contributed by atoms with van der Waals surface area (Å²) < 4.78 is 7.62. The van der Waals surface area contributed by atoms with Crippen LogP contribution >= 0.6 is 27.3 Å². The van der Waals surface area contributed by atoms with E-state index in [1.807, 2.05) is 73.7 Å². The van der Waals surface area contributed by atoms with E-state index in [0.717, 1.165) is 25.8 Å². The Bertz CT molecular complexity index is 1190. The molecule has 1 heterocycles. The summed E-state index contributed by atoms with van der Waals surface area (Å²) in [5, 5.41) is 6.25. The minimum absolute atomic E-state index is 0.142. The number of ether oxygens (including phenoxy) is 1. The lowest BCUT2D eigenvalue weighted by Gasteiger charge is -2.14. The van der Waals surface area contributed by atoms with Gasteiger partial charge in [-0.25, -0.2) is 4.98 Å². The Labute approximate surface area is 186 Å². The van der Waals surface area contributed by atoms with E-state index < -0.39 is 0 Å². The molecular weight excluding hydrogens is 462 g/mol. The van der Waals surface area contributed by atoms with Crippen LogP contribution in [-0.2, 0) is 4.79 Å². The lowest BCUT2D eigenvalue weighted by molar-refractivity contribution is -0.120. The zero-order valence-electron chi connectivity index (χ0n) is 16.2. The number of para-hydroxylation sites is 1. The highest BCUT2D eigenvalue weighted by molar-refractivity contribution is 9.10. The van der Waals surface area contributed by atoms with Gasteiger partial charge < -0.3 is 4.74 Å². The third-order valence-corrected chi connectivity index (χ3v) is 5.77. The average molecular weight is 480 g/mol. The molecule has 0 aliphatic carbocycles. The van der Waals surface area contributed by atoms with Crippen LogP contribution in [0.2, 0.25) is 0 Å². The molecule has 5 nitrogen and oxygen atoms in total. The van der Waals surface area contributed by atoms with Crippen molar-refractivity contribution in [3.8, 4) is 5.75 Å². The van der Waals surface area contributed by atoms with E-state index >= 15 is 0 Å². The first-order chi connectivity index (χ1) is 14.6. The number of fused-ring (bicyclic) bond motifs is 1. The molecule has 0 aliphatic rings. The van der Waals surface area contributed by atoms with E-state index in [0.29, 0.717) is 10.9 Å². The summed E-state index contributed by atoms with van der Waals surface area (Å²) in [6, 6.07) is 22.9. The van der Waals surface area contributed by atoms with Crippen molar-refractivity contribution >= 4 is 54.7 Å². The number of benzene rings is 3. The molecule has 7 heteroatoms.